The number of rotatable bonds is 5. The first-order valence-electron chi connectivity index (χ1n) is 5.98. The van der Waals surface area contributed by atoms with E-state index in [4.69, 9.17) is 11.0 Å². The Balaban J connectivity index is 3.14. The predicted molar refractivity (Wildman–Crippen MR) is 72.1 cm³/mol. The number of nitrogens with zero attached hydrogens (tertiary/aromatic N) is 2. The van der Waals surface area contributed by atoms with Gasteiger partial charge in [-0.15, -0.1) is 0 Å². The van der Waals surface area contributed by atoms with Crippen molar-refractivity contribution in [1.82, 2.24) is 0 Å². The van der Waals surface area contributed by atoms with Gasteiger partial charge in [-0.1, -0.05) is 19.9 Å². The molecule has 1 aromatic rings. The molecule has 0 saturated carbocycles. The number of carbonyl (C=O) groups is 1. The molecule has 2 N–H and O–H groups in total. The first-order valence-corrected chi connectivity index (χ1v) is 5.98. The van der Waals surface area contributed by atoms with Crippen LogP contribution < -0.4 is 10.6 Å². The molecule has 4 nitrogen and oxygen atoms in total. The van der Waals surface area contributed by atoms with Gasteiger partial charge < -0.3 is 10.6 Å². The van der Waals surface area contributed by atoms with Gasteiger partial charge in [-0.05, 0) is 30.5 Å². The molecule has 0 saturated heterocycles. The molecular weight excluding hydrogens is 226 g/mol. The zero-order chi connectivity index (χ0) is 13.7. The number of nitrogens with two attached hydrogens (primary N) is 1. The van der Waals surface area contributed by atoms with Crippen molar-refractivity contribution in [2.75, 3.05) is 18.0 Å². The number of hydrogen-bond acceptors (Lipinski definition) is 3. The van der Waals surface area contributed by atoms with E-state index < -0.39 is 0 Å². The Morgan fingerprint density at radius 2 is 2.17 bits per heavy atom. The average molecular weight is 245 g/mol. The molecule has 0 atom stereocenters. The van der Waals surface area contributed by atoms with Crippen molar-refractivity contribution in [3.8, 4) is 6.07 Å². The van der Waals surface area contributed by atoms with Gasteiger partial charge in [0, 0.05) is 6.54 Å². The lowest BCUT2D eigenvalue weighted by atomic mass is 10.1. The number of amides is 1. The average Bonchev–Trinajstić information content (AvgIpc) is 2.26. The molecule has 0 bridgehead atoms. The SMILES string of the molecule is Cc1ccc(C#N)c(N(CC(N)=O)CC(C)C)c1. The highest BCUT2D eigenvalue weighted by Gasteiger charge is 2.15. The van der Waals surface area contributed by atoms with Gasteiger partial charge in [0.25, 0.3) is 0 Å². The lowest BCUT2D eigenvalue weighted by Crippen LogP contribution is -2.36. The molecule has 0 aliphatic rings. The highest BCUT2D eigenvalue weighted by molar-refractivity contribution is 5.80. The third-order valence-electron chi connectivity index (χ3n) is 2.55. The van der Waals surface area contributed by atoms with Crippen molar-refractivity contribution >= 4 is 11.6 Å². The van der Waals surface area contributed by atoms with E-state index in [1.807, 2.05) is 24.0 Å². The van der Waals surface area contributed by atoms with Gasteiger partial charge in [0.05, 0.1) is 17.8 Å². The number of anilines is 1. The Labute approximate surface area is 108 Å². The lowest BCUT2D eigenvalue weighted by Gasteiger charge is -2.26. The molecule has 0 aliphatic carbocycles. The van der Waals surface area contributed by atoms with Crippen molar-refractivity contribution < 1.29 is 4.79 Å². The minimum Gasteiger partial charge on any atom is -0.368 e. The lowest BCUT2D eigenvalue weighted by molar-refractivity contribution is -0.116. The molecule has 0 radical (unpaired) electrons. The van der Waals surface area contributed by atoms with E-state index in [-0.39, 0.29) is 12.5 Å². The molecule has 0 fully saturated rings. The van der Waals surface area contributed by atoms with Crippen molar-refractivity contribution in [1.29, 1.82) is 5.26 Å². The van der Waals surface area contributed by atoms with Gasteiger partial charge in [-0.2, -0.15) is 5.26 Å². The minimum absolute atomic E-state index is 0.135. The van der Waals surface area contributed by atoms with Crippen LogP contribution in [-0.4, -0.2) is 19.0 Å². The van der Waals surface area contributed by atoms with Crippen molar-refractivity contribution in [2.24, 2.45) is 11.7 Å². The summed E-state index contributed by atoms with van der Waals surface area (Å²) in [7, 11) is 0. The third-order valence-corrected chi connectivity index (χ3v) is 2.55. The van der Waals surface area contributed by atoms with E-state index in [1.165, 1.54) is 0 Å². The van der Waals surface area contributed by atoms with Gasteiger partial charge in [0.15, 0.2) is 0 Å². The van der Waals surface area contributed by atoms with Crippen molar-refractivity contribution in [3.05, 3.63) is 29.3 Å². The van der Waals surface area contributed by atoms with E-state index in [9.17, 15) is 4.79 Å². The molecule has 0 aliphatic heterocycles. The summed E-state index contributed by atoms with van der Waals surface area (Å²) in [6, 6.07) is 7.74. The maximum Gasteiger partial charge on any atom is 0.236 e. The topological polar surface area (TPSA) is 70.1 Å². The van der Waals surface area contributed by atoms with E-state index in [0.29, 0.717) is 18.0 Å². The summed E-state index contributed by atoms with van der Waals surface area (Å²) in [6.45, 7) is 6.92. The van der Waals surface area contributed by atoms with Crippen LogP contribution >= 0.6 is 0 Å². The number of primary amides is 1. The Kier molecular flexibility index (Phi) is 4.73. The standard InChI is InChI=1S/C14H19N3O/c1-10(2)8-17(9-14(16)18)13-6-11(3)4-5-12(13)7-15/h4-6,10H,8-9H2,1-3H3,(H2,16,18). The molecule has 1 amide bonds. The molecule has 0 heterocycles. The van der Waals surface area contributed by atoms with Crippen LogP contribution in [0.5, 0.6) is 0 Å². The molecule has 1 aromatic carbocycles. The number of hydrogen-bond donors (Lipinski definition) is 1. The normalized spacial score (nSPS) is 10.2. The fraction of sp³-hybridized carbons (Fsp3) is 0.429. The molecule has 4 heteroatoms. The summed E-state index contributed by atoms with van der Waals surface area (Å²) in [5.41, 5.74) is 7.68. The highest BCUT2D eigenvalue weighted by atomic mass is 16.1. The van der Waals surface area contributed by atoms with Crippen LogP contribution in [0.15, 0.2) is 18.2 Å². The highest BCUT2D eigenvalue weighted by Crippen LogP contribution is 2.22. The molecular formula is C14H19N3O. The Hall–Kier alpha value is -2.02. The van der Waals surface area contributed by atoms with Gasteiger partial charge in [0.1, 0.15) is 6.07 Å². The summed E-state index contributed by atoms with van der Waals surface area (Å²) >= 11 is 0. The maximum absolute atomic E-state index is 11.1. The zero-order valence-corrected chi connectivity index (χ0v) is 11.1. The van der Waals surface area contributed by atoms with Crippen LogP contribution in [0.25, 0.3) is 0 Å². The second-order valence-corrected chi connectivity index (χ2v) is 4.87. The van der Waals surface area contributed by atoms with Crippen LogP contribution in [0.4, 0.5) is 5.69 Å². The van der Waals surface area contributed by atoms with E-state index in [2.05, 4.69) is 19.9 Å². The Morgan fingerprint density at radius 3 is 2.67 bits per heavy atom. The first kappa shape index (κ1) is 14.0. The molecule has 0 aromatic heterocycles. The fourth-order valence-corrected chi connectivity index (χ4v) is 1.87. The smallest absolute Gasteiger partial charge is 0.236 e. The quantitative estimate of drug-likeness (QED) is 0.860. The summed E-state index contributed by atoms with van der Waals surface area (Å²) in [4.78, 5) is 13.0. The van der Waals surface area contributed by atoms with Crippen LogP contribution in [-0.2, 0) is 4.79 Å². The van der Waals surface area contributed by atoms with Gasteiger partial charge in [0.2, 0.25) is 5.91 Å². The Morgan fingerprint density at radius 1 is 1.50 bits per heavy atom. The maximum atomic E-state index is 11.1. The number of benzene rings is 1. The van der Waals surface area contributed by atoms with Crippen LogP contribution in [0.1, 0.15) is 25.0 Å². The van der Waals surface area contributed by atoms with E-state index in [1.54, 1.807) is 6.07 Å². The van der Waals surface area contributed by atoms with Gasteiger partial charge in [-0.3, -0.25) is 4.79 Å². The molecule has 0 unspecified atom stereocenters. The fourth-order valence-electron chi connectivity index (χ4n) is 1.87. The van der Waals surface area contributed by atoms with Crippen molar-refractivity contribution in [3.63, 3.8) is 0 Å². The predicted octanol–water partition coefficient (Wildman–Crippen LogP) is 1.81. The second kappa shape index (κ2) is 6.06. The Bertz CT molecular complexity index is 474. The number of nitriles is 1. The molecule has 96 valence electrons. The molecule has 18 heavy (non-hydrogen) atoms. The summed E-state index contributed by atoms with van der Waals surface area (Å²) in [5.74, 6) is -0.00236. The third kappa shape index (κ3) is 3.77. The first-order chi connectivity index (χ1) is 8.43. The van der Waals surface area contributed by atoms with Crippen LogP contribution in [0.2, 0.25) is 0 Å². The van der Waals surface area contributed by atoms with E-state index >= 15 is 0 Å². The zero-order valence-electron chi connectivity index (χ0n) is 11.1. The molecule has 0 spiro atoms. The van der Waals surface area contributed by atoms with E-state index in [0.717, 1.165) is 11.3 Å². The number of carbonyl (C=O) groups excluding carboxylic acids is 1. The van der Waals surface area contributed by atoms with Crippen LogP contribution in [0, 0.1) is 24.2 Å². The van der Waals surface area contributed by atoms with Gasteiger partial charge >= 0.3 is 0 Å². The largest absolute Gasteiger partial charge is 0.368 e. The van der Waals surface area contributed by atoms with Crippen LogP contribution in [0.3, 0.4) is 0 Å². The summed E-state index contributed by atoms with van der Waals surface area (Å²) in [6.07, 6.45) is 0. The minimum atomic E-state index is -0.388. The molecule has 1 rings (SSSR count). The second-order valence-electron chi connectivity index (χ2n) is 4.87. The van der Waals surface area contributed by atoms with Gasteiger partial charge in [-0.25, -0.2) is 0 Å². The number of aryl methyl sites for hydroxylation is 1. The summed E-state index contributed by atoms with van der Waals surface area (Å²) in [5, 5.41) is 9.13. The summed E-state index contributed by atoms with van der Waals surface area (Å²) < 4.78 is 0. The monoisotopic (exact) mass is 245 g/mol. The van der Waals surface area contributed by atoms with Crippen molar-refractivity contribution in [2.45, 2.75) is 20.8 Å².